The monoisotopic (exact) mass is 460 g/mol. The van der Waals surface area contributed by atoms with Crippen molar-refractivity contribution >= 4 is 11.2 Å². The highest BCUT2D eigenvalue weighted by Crippen LogP contribution is 2.27. The fourth-order valence-electron chi connectivity index (χ4n) is 4.57. The van der Waals surface area contributed by atoms with Crippen LogP contribution in [-0.4, -0.2) is 43.1 Å². The summed E-state index contributed by atoms with van der Waals surface area (Å²) in [7, 11) is 0. The SMILES string of the molecule is O=c1ccc2nc(CN3CCC(NCc4ccc(C(F)(F)F)nc4)CC3)c(=O)n3c2n1CC3. The minimum atomic E-state index is -4.43. The van der Waals surface area contributed by atoms with E-state index in [1.54, 1.807) is 15.2 Å². The summed E-state index contributed by atoms with van der Waals surface area (Å²) in [6, 6.07) is 5.84. The predicted octanol–water partition coefficient (Wildman–Crippen LogP) is 1.74. The minimum Gasteiger partial charge on any atom is -0.310 e. The molecule has 1 saturated heterocycles. The van der Waals surface area contributed by atoms with Crippen molar-refractivity contribution in [3.05, 3.63) is 68.1 Å². The number of likely N-dealkylation sites (tertiary alicyclic amines) is 1. The molecular weight excluding hydrogens is 437 g/mol. The van der Waals surface area contributed by atoms with Crippen molar-refractivity contribution in [3.8, 4) is 0 Å². The first-order valence-electron chi connectivity index (χ1n) is 10.9. The molecule has 0 radical (unpaired) electrons. The number of hydrogen-bond acceptors (Lipinski definition) is 6. The average Bonchev–Trinajstić information content (AvgIpc) is 3.25. The Bertz CT molecular complexity index is 1290. The summed E-state index contributed by atoms with van der Waals surface area (Å²) in [5.41, 5.74) is 1.28. The number of nitrogens with zero attached hydrogens (tertiary/aromatic N) is 5. The van der Waals surface area contributed by atoms with Gasteiger partial charge in [-0.2, -0.15) is 13.2 Å². The quantitative estimate of drug-likeness (QED) is 0.625. The van der Waals surface area contributed by atoms with Gasteiger partial charge >= 0.3 is 6.18 Å². The van der Waals surface area contributed by atoms with Crippen LogP contribution in [0.5, 0.6) is 0 Å². The molecule has 0 aromatic carbocycles. The van der Waals surface area contributed by atoms with Crippen LogP contribution in [0.3, 0.4) is 0 Å². The molecule has 0 bridgehead atoms. The number of nitrogens with one attached hydrogen (secondary N) is 1. The van der Waals surface area contributed by atoms with E-state index in [-0.39, 0.29) is 17.2 Å². The molecule has 1 fully saturated rings. The van der Waals surface area contributed by atoms with Crippen LogP contribution < -0.4 is 16.4 Å². The Morgan fingerprint density at radius 3 is 2.45 bits per heavy atom. The summed E-state index contributed by atoms with van der Waals surface area (Å²) in [4.78, 5) is 35.1. The fraction of sp³-hybridized carbons (Fsp3) is 0.455. The van der Waals surface area contributed by atoms with Gasteiger partial charge in [-0.25, -0.2) is 4.98 Å². The maximum atomic E-state index is 12.9. The van der Waals surface area contributed by atoms with E-state index in [1.807, 2.05) is 0 Å². The lowest BCUT2D eigenvalue weighted by Gasteiger charge is -2.32. The Hall–Kier alpha value is -3.05. The molecule has 0 saturated carbocycles. The second-order valence-electron chi connectivity index (χ2n) is 8.53. The molecule has 0 amide bonds. The van der Waals surface area contributed by atoms with Crippen LogP contribution in [0.1, 0.15) is 29.8 Å². The van der Waals surface area contributed by atoms with Crippen molar-refractivity contribution in [3.63, 3.8) is 0 Å². The molecule has 2 aliphatic heterocycles. The fourth-order valence-corrected chi connectivity index (χ4v) is 4.57. The molecule has 11 heteroatoms. The molecule has 1 N–H and O–H groups in total. The Morgan fingerprint density at radius 2 is 1.76 bits per heavy atom. The third-order valence-electron chi connectivity index (χ3n) is 6.36. The van der Waals surface area contributed by atoms with E-state index in [9.17, 15) is 22.8 Å². The Labute approximate surface area is 186 Å². The first-order valence-corrected chi connectivity index (χ1v) is 10.9. The zero-order valence-corrected chi connectivity index (χ0v) is 17.8. The molecule has 33 heavy (non-hydrogen) atoms. The van der Waals surface area contributed by atoms with Crippen molar-refractivity contribution < 1.29 is 13.2 Å². The zero-order valence-electron chi connectivity index (χ0n) is 17.8. The second-order valence-corrected chi connectivity index (χ2v) is 8.53. The number of alkyl halides is 3. The van der Waals surface area contributed by atoms with Crippen LogP contribution in [0.15, 0.2) is 40.1 Å². The smallest absolute Gasteiger partial charge is 0.310 e. The van der Waals surface area contributed by atoms with E-state index in [4.69, 9.17) is 0 Å². The Balaban J connectivity index is 1.18. The first kappa shape index (κ1) is 21.8. The van der Waals surface area contributed by atoms with Gasteiger partial charge in [0.25, 0.3) is 11.1 Å². The molecular formula is C22H23F3N6O2. The second kappa shape index (κ2) is 8.38. The lowest BCUT2D eigenvalue weighted by atomic mass is 10.0. The van der Waals surface area contributed by atoms with E-state index in [0.29, 0.717) is 48.6 Å². The van der Waals surface area contributed by atoms with E-state index in [0.717, 1.165) is 32.0 Å². The predicted molar refractivity (Wildman–Crippen MR) is 115 cm³/mol. The first-order chi connectivity index (χ1) is 15.8. The molecule has 0 unspecified atom stereocenters. The summed E-state index contributed by atoms with van der Waals surface area (Å²) in [5.74, 6) is 0. The van der Waals surface area contributed by atoms with Crippen LogP contribution in [-0.2, 0) is 32.4 Å². The maximum absolute atomic E-state index is 12.9. The molecule has 0 spiro atoms. The molecule has 3 aromatic rings. The summed E-state index contributed by atoms with van der Waals surface area (Å²) in [6.45, 7) is 3.43. The Kier molecular flexibility index (Phi) is 5.53. The largest absolute Gasteiger partial charge is 0.433 e. The number of aryl methyl sites for hydroxylation is 2. The summed E-state index contributed by atoms with van der Waals surface area (Å²) in [5, 5.41) is 3.38. The molecule has 0 aliphatic carbocycles. The number of pyridine rings is 2. The van der Waals surface area contributed by atoms with Crippen molar-refractivity contribution in [2.24, 2.45) is 0 Å². The highest BCUT2D eigenvalue weighted by Gasteiger charge is 2.32. The Morgan fingerprint density at radius 1 is 1.00 bits per heavy atom. The topological polar surface area (TPSA) is 85.1 Å². The number of halogens is 3. The average molecular weight is 460 g/mol. The van der Waals surface area contributed by atoms with Gasteiger partial charge in [0.05, 0.1) is 0 Å². The summed E-state index contributed by atoms with van der Waals surface area (Å²) < 4.78 is 41.1. The minimum absolute atomic E-state index is 0.121. The molecule has 5 heterocycles. The normalized spacial score (nSPS) is 17.2. The van der Waals surface area contributed by atoms with Crippen LogP contribution in [0.2, 0.25) is 0 Å². The molecule has 8 nitrogen and oxygen atoms in total. The third kappa shape index (κ3) is 4.30. The van der Waals surface area contributed by atoms with E-state index < -0.39 is 11.9 Å². The van der Waals surface area contributed by atoms with Crippen LogP contribution in [0.25, 0.3) is 11.2 Å². The highest BCUT2D eigenvalue weighted by atomic mass is 19.4. The van der Waals surface area contributed by atoms with Crippen molar-refractivity contribution in [1.29, 1.82) is 0 Å². The van der Waals surface area contributed by atoms with Gasteiger partial charge in [0.1, 0.15) is 22.6 Å². The van der Waals surface area contributed by atoms with Gasteiger partial charge in [-0.1, -0.05) is 6.07 Å². The summed E-state index contributed by atoms with van der Waals surface area (Å²) in [6.07, 6.45) is -1.46. The van der Waals surface area contributed by atoms with Gasteiger partial charge in [-0.3, -0.25) is 28.6 Å². The van der Waals surface area contributed by atoms with E-state index in [1.165, 1.54) is 18.3 Å². The van der Waals surface area contributed by atoms with Gasteiger partial charge in [-0.15, -0.1) is 0 Å². The number of hydrogen-bond donors (Lipinski definition) is 1. The molecule has 174 valence electrons. The molecule has 5 rings (SSSR count). The molecule has 2 aliphatic rings. The number of rotatable bonds is 5. The van der Waals surface area contributed by atoms with Gasteiger partial charge in [0, 0.05) is 57.6 Å². The van der Waals surface area contributed by atoms with Crippen LogP contribution in [0, 0.1) is 0 Å². The number of aromatic nitrogens is 4. The van der Waals surface area contributed by atoms with Crippen LogP contribution >= 0.6 is 0 Å². The molecule has 3 aromatic heterocycles. The standard InChI is InChI=1S/C22H23F3N6O2/c23-22(24,25)18-3-1-14(12-27-18)11-26-15-5-7-29(8-6-15)13-17-21(33)31-10-9-30-19(32)4-2-16(28-17)20(30)31/h1-4,12,15,26H,5-11,13H2. The van der Waals surface area contributed by atoms with Crippen molar-refractivity contribution in [2.75, 3.05) is 13.1 Å². The van der Waals surface area contributed by atoms with Gasteiger partial charge in [0.15, 0.2) is 0 Å². The maximum Gasteiger partial charge on any atom is 0.433 e. The van der Waals surface area contributed by atoms with Crippen molar-refractivity contribution in [1.82, 2.24) is 29.3 Å². The zero-order chi connectivity index (χ0) is 23.2. The lowest BCUT2D eigenvalue weighted by molar-refractivity contribution is -0.141. The van der Waals surface area contributed by atoms with E-state index >= 15 is 0 Å². The van der Waals surface area contributed by atoms with E-state index in [2.05, 4.69) is 20.2 Å². The summed E-state index contributed by atoms with van der Waals surface area (Å²) >= 11 is 0. The van der Waals surface area contributed by atoms with Gasteiger partial charge in [0.2, 0.25) is 0 Å². The lowest BCUT2D eigenvalue weighted by Crippen LogP contribution is -2.43. The highest BCUT2D eigenvalue weighted by molar-refractivity contribution is 5.71. The van der Waals surface area contributed by atoms with Gasteiger partial charge in [-0.05, 0) is 30.5 Å². The third-order valence-corrected chi connectivity index (χ3v) is 6.36. The van der Waals surface area contributed by atoms with Crippen LogP contribution in [0.4, 0.5) is 13.2 Å². The number of piperidine rings is 1. The van der Waals surface area contributed by atoms with Crippen molar-refractivity contribution in [2.45, 2.75) is 51.2 Å². The molecule has 0 atom stereocenters. The van der Waals surface area contributed by atoms with Gasteiger partial charge < -0.3 is 5.32 Å².